The van der Waals surface area contributed by atoms with Crippen molar-refractivity contribution in [1.82, 2.24) is 0 Å². The highest BCUT2D eigenvalue weighted by Crippen LogP contribution is 2.28. The predicted octanol–water partition coefficient (Wildman–Crippen LogP) is 8.38. The lowest BCUT2D eigenvalue weighted by Gasteiger charge is -2.11. The number of phenolic OH excluding ortho intramolecular Hbond substituents is 1. The summed E-state index contributed by atoms with van der Waals surface area (Å²) in [5, 5.41) is 9.43. The third kappa shape index (κ3) is 11.2. The largest absolute Gasteiger partial charge is 0.508 e. The molecule has 0 saturated heterocycles. The maximum absolute atomic E-state index is 13.3. The van der Waals surface area contributed by atoms with Crippen LogP contribution < -0.4 is 23.7 Å². The first-order valence-electron chi connectivity index (χ1n) is 19.0. The van der Waals surface area contributed by atoms with Gasteiger partial charge in [0.15, 0.2) is 0 Å². The third-order valence-electron chi connectivity index (χ3n) is 9.21. The molecule has 60 heavy (non-hydrogen) atoms. The minimum atomic E-state index is -3.77. The van der Waals surface area contributed by atoms with Crippen LogP contribution in [0.25, 0.3) is 0 Å². The summed E-state index contributed by atoms with van der Waals surface area (Å²) < 4.78 is 106. The highest BCUT2D eigenvalue weighted by molar-refractivity contribution is 7.92. The molecule has 1 N–H and O–H groups in total. The van der Waals surface area contributed by atoms with Crippen molar-refractivity contribution in [3.8, 4) is 34.5 Å². The van der Waals surface area contributed by atoms with Gasteiger partial charge >= 0.3 is 0 Å². The van der Waals surface area contributed by atoms with Gasteiger partial charge in [-0.15, -0.1) is 0 Å². The Balaban J connectivity index is 0.861. The maximum atomic E-state index is 13.3. The second-order valence-corrected chi connectivity index (χ2v) is 19.2. The van der Waals surface area contributed by atoms with Gasteiger partial charge in [0.05, 0.1) is 62.9 Å². The van der Waals surface area contributed by atoms with Gasteiger partial charge in [0.2, 0.25) is 29.5 Å². The van der Waals surface area contributed by atoms with Crippen LogP contribution in [0.3, 0.4) is 0 Å². The normalized spacial score (nSPS) is 11.8. The molecule has 0 fully saturated rings. The average molecular weight is 873 g/mol. The second-order valence-electron chi connectivity index (χ2n) is 13.4. The minimum absolute atomic E-state index is 0.0144. The smallest absolute Gasteiger partial charge is 0.206 e. The molecule has 0 radical (unpaired) electrons. The number of aromatic hydroxyl groups is 1. The molecule has 15 heteroatoms. The molecule has 0 aliphatic heterocycles. The number of hydrogen-bond acceptors (Lipinski definition) is 12. The number of methoxy groups -OCH3 is 1. The predicted molar refractivity (Wildman–Crippen MR) is 224 cm³/mol. The van der Waals surface area contributed by atoms with Crippen LogP contribution in [0, 0.1) is 0 Å². The molecule has 6 aromatic carbocycles. The molecular formula is C45H44O12S3. The van der Waals surface area contributed by atoms with Crippen LogP contribution >= 0.6 is 0 Å². The van der Waals surface area contributed by atoms with Crippen molar-refractivity contribution in [2.24, 2.45) is 0 Å². The monoisotopic (exact) mass is 872 g/mol. The number of unbranched alkanes of at least 4 members (excludes halogenated alkanes) is 2. The SMILES string of the molecule is COc1ccc(S(=O)(=O)c2ccc(OCCCCOc3ccc(S(=O)(=O)c4ccc(OCCCCOc5ccc(S(=O)(=O)c6ccc(O)cc6)cc5)cc4)cc3)cc2)cc1. The standard InChI is InChI=1S/C45H44O12S3/c1-53-35-8-20-41(21-9-35)59(49,50)43-24-12-37(13-25-43)55-31-4-5-33-57-39-16-28-45(29-17-39)60(51,52)44-26-14-38(15-27-44)56-32-3-2-30-54-36-10-22-42(23-11-36)58(47,48)40-18-6-34(46)7-19-40/h6-29,46H,2-5,30-33H2,1H3. The van der Waals surface area contributed by atoms with E-state index in [1.807, 2.05) is 0 Å². The van der Waals surface area contributed by atoms with E-state index in [9.17, 15) is 30.4 Å². The van der Waals surface area contributed by atoms with Crippen LogP contribution in [0.15, 0.2) is 175 Å². The lowest BCUT2D eigenvalue weighted by Crippen LogP contribution is -2.05. The van der Waals surface area contributed by atoms with E-state index in [4.69, 9.17) is 23.7 Å². The first-order chi connectivity index (χ1) is 28.9. The summed E-state index contributed by atoms with van der Waals surface area (Å²) in [6, 6.07) is 36.5. The Morgan fingerprint density at radius 3 is 0.750 bits per heavy atom. The molecule has 12 nitrogen and oxygen atoms in total. The summed E-state index contributed by atoms with van der Waals surface area (Å²) in [6.07, 6.45) is 2.71. The maximum Gasteiger partial charge on any atom is 0.206 e. The Morgan fingerprint density at radius 2 is 0.533 bits per heavy atom. The van der Waals surface area contributed by atoms with Crippen LogP contribution in [0.4, 0.5) is 0 Å². The van der Waals surface area contributed by atoms with Crippen LogP contribution in [-0.4, -0.2) is 63.9 Å². The van der Waals surface area contributed by atoms with Crippen molar-refractivity contribution in [2.75, 3.05) is 33.5 Å². The van der Waals surface area contributed by atoms with Crippen molar-refractivity contribution < 1.29 is 54.0 Å². The van der Waals surface area contributed by atoms with E-state index in [0.29, 0.717) is 80.9 Å². The fourth-order valence-electron chi connectivity index (χ4n) is 5.82. The summed E-state index contributed by atoms with van der Waals surface area (Å²) in [4.78, 5) is 0.809. The van der Waals surface area contributed by atoms with Crippen LogP contribution in [-0.2, 0) is 29.5 Å². The molecule has 0 spiro atoms. The van der Waals surface area contributed by atoms with Crippen molar-refractivity contribution in [3.63, 3.8) is 0 Å². The van der Waals surface area contributed by atoms with Crippen molar-refractivity contribution in [3.05, 3.63) is 146 Å². The molecule has 0 heterocycles. The van der Waals surface area contributed by atoms with Gasteiger partial charge in [-0.2, -0.15) is 0 Å². The van der Waals surface area contributed by atoms with E-state index in [2.05, 4.69) is 0 Å². The molecule has 0 saturated carbocycles. The zero-order chi connectivity index (χ0) is 42.6. The van der Waals surface area contributed by atoms with E-state index in [-0.39, 0.29) is 35.1 Å². The molecule has 0 amide bonds. The van der Waals surface area contributed by atoms with E-state index >= 15 is 0 Å². The number of ether oxygens (including phenoxy) is 5. The fourth-order valence-corrected chi connectivity index (χ4v) is 9.60. The Morgan fingerprint density at radius 1 is 0.333 bits per heavy atom. The van der Waals surface area contributed by atoms with Gasteiger partial charge in [-0.1, -0.05) is 0 Å². The molecule has 0 bridgehead atoms. The van der Waals surface area contributed by atoms with Gasteiger partial charge in [-0.05, 0) is 171 Å². The Bertz CT molecular complexity index is 2630. The van der Waals surface area contributed by atoms with E-state index in [1.54, 1.807) is 60.7 Å². The first-order valence-corrected chi connectivity index (χ1v) is 23.4. The van der Waals surface area contributed by atoms with Gasteiger partial charge < -0.3 is 28.8 Å². The van der Waals surface area contributed by atoms with Crippen molar-refractivity contribution in [1.29, 1.82) is 0 Å². The third-order valence-corrected chi connectivity index (χ3v) is 14.6. The van der Waals surface area contributed by atoms with Gasteiger partial charge in [0.25, 0.3) is 0 Å². The average Bonchev–Trinajstić information content (AvgIpc) is 3.27. The molecule has 0 aliphatic rings. The Kier molecular flexibility index (Phi) is 14.4. The summed E-state index contributed by atoms with van der Waals surface area (Å²) >= 11 is 0. The summed E-state index contributed by atoms with van der Waals surface area (Å²) in [5.74, 6) is 2.71. The Labute approximate surface area is 350 Å². The topological polar surface area (TPSA) is 169 Å². The quantitative estimate of drug-likeness (QED) is 0.0687. The zero-order valence-corrected chi connectivity index (χ0v) is 35.1. The Hall–Kier alpha value is -6.03. The summed E-state index contributed by atoms with van der Waals surface area (Å²) in [7, 11) is -9.63. The number of benzene rings is 6. The number of sulfone groups is 3. The van der Waals surface area contributed by atoms with Crippen LogP contribution in [0.5, 0.6) is 34.5 Å². The molecule has 0 aliphatic carbocycles. The molecule has 6 rings (SSSR count). The second kappa shape index (κ2) is 19.8. The highest BCUT2D eigenvalue weighted by atomic mass is 32.2. The van der Waals surface area contributed by atoms with Gasteiger partial charge in [-0.3, -0.25) is 0 Å². The number of phenols is 1. The molecule has 6 aromatic rings. The number of hydrogen-bond donors (Lipinski definition) is 1. The zero-order valence-electron chi connectivity index (χ0n) is 32.7. The first kappa shape index (κ1) is 43.5. The van der Waals surface area contributed by atoms with Gasteiger partial charge in [-0.25, -0.2) is 25.3 Å². The highest BCUT2D eigenvalue weighted by Gasteiger charge is 2.20. The number of rotatable bonds is 21. The molecular weight excluding hydrogens is 829 g/mol. The molecule has 0 aromatic heterocycles. The van der Waals surface area contributed by atoms with Crippen molar-refractivity contribution in [2.45, 2.75) is 55.1 Å². The van der Waals surface area contributed by atoms with Crippen molar-refractivity contribution >= 4 is 29.5 Å². The van der Waals surface area contributed by atoms with E-state index < -0.39 is 29.5 Å². The molecule has 0 unspecified atom stereocenters. The summed E-state index contributed by atoms with van der Waals surface area (Å²) in [6.45, 7) is 1.59. The lowest BCUT2D eigenvalue weighted by atomic mass is 10.3. The molecule has 0 atom stereocenters. The van der Waals surface area contributed by atoms with Crippen LogP contribution in [0.1, 0.15) is 25.7 Å². The van der Waals surface area contributed by atoms with Crippen LogP contribution in [0.2, 0.25) is 0 Å². The van der Waals surface area contributed by atoms with Gasteiger partial charge in [0, 0.05) is 0 Å². The van der Waals surface area contributed by atoms with E-state index in [0.717, 1.165) is 0 Å². The molecule has 314 valence electrons. The van der Waals surface area contributed by atoms with E-state index in [1.165, 1.54) is 92.0 Å². The minimum Gasteiger partial charge on any atom is -0.508 e. The van der Waals surface area contributed by atoms with Gasteiger partial charge in [0.1, 0.15) is 34.5 Å². The summed E-state index contributed by atoms with van der Waals surface area (Å²) in [5.41, 5.74) is 0. The fraction of sp³-hybridized carbons (Fsp3) is 0.200. The lowest BCUT2D eigenvalue weighted by molar-refractivity contribution is 0.266.